The maximum absolute atomic E-state index is 11.6. The smallest absolute Gasteiger partial charge is 0.318 e. The molecule has 0 radical (unpaired) electrons. The van der Waals surface area contributed by atoms with Gasteiger partial charge in [-0.1, -0.05) is 11.8 Å². The summed E-state index contributed by atoms with van der Waals surface area (Å²) in [7, 11) is 1.31. The van der Waals surface area contributed by atoms with Crippen LogP contribution in [0.5, 0.6) is 0 Å². The van der Waals surface area contributed by atoms with Gasteiger partial charge < -0.3 is 10.1 Å². The van der Waals surface area contributed by atoms with Crippen molar-refractivity contribution in [2.75, 3.05) is 7.11 Å². The average molecular weight is 254 g/mol. The van der Waals surface area contributed by atoms with Crippen LogP contribution in [0.25, 0.3) is 0 Å². The number of ether oxygens (including phenoxy) is 1. The molecule has 0 aromatic rings. The van der Waals surface area contributed by atoms with Crippen molar-refractivity contribution < 1.29 is 14.3 Å². The van der Waals surface area contributed by atoms with E-state index in [0.717, 1.165) is 11.8 Å². The topological polar surface area (TPSA) is 92.5 Å². The molecule has 0 aromatic carbocycles. The van der Waals surface area contributed by atoms with E-state index in [0.29, 0.717) is 10.7 Å². The molecule has 0 aliphatic carbocycles. The van der Waals surface area contributed by atoms with Gasteiger partial charge in [-0.3, -0.25) is 9.59 Å². The Morgan fingerprint density at radius 2 is 2.41 bits per heavy atom. The number of azo groups is 1. The first-order chi connectivity index (χ1) is 8.11. The van der Waals surface area contributed by atoms with Crippen LogP contribution in [0.15, 0.2) is 27.0 Å². The fourth-order valence-electron chi connectivity index (χ4n) is 1.31. The fourth-order valence-corrected chi connectivity index (χ4v) is 2.15. The highest BCUT2D eigenvalue weighted by molar-refractivity contribution is 8.14. The number of fused-ring (bicyclic) bond motifs is 1. The van der Waals surface area contributed by atoms with Gasteiger partial charge in [-0.25, -0.2) is 4.99 Å². The molecular formula is C9H10N4O3S. The van der Waals surface area contributed by atoms with Crippen LogP contribution in [0.4, 0.5) is 0 Å². The Bertz CT molecular complexity index is 457. The van der Waals surface area contributed by atoms with Crippen molar-refractivity contribution in [3.05, 3.63) is 11.8 Å². The number of esters is 1. The van der Waals surface area contributed by atoms with Gasteiger partial charge in [-0.2, -0.15) is 10.2 Å². The van der Waals surface area contributed by atoms with Gasteiger partial charge in [-0.05, 0) is 6.92 Å². The summed E-state index contributed by atoms with van der Waals surface area (Å²) in [6.45, 7) is 1.67. The van der Waals surface area contributed by atoms with E-state index in [4.69, 9.17) is 0 Å². The molecule has 0 saturated heterocycles. The molecule has 1 amide bonds. The van der Waals surface area contributed by atoms with E-state index >= 15 is 0 Å². The first-order valence-electron chi connectivity index (χ1n) is 4.85. The predicted molar refractivity (Wildman–Crippen MR) is 61.4 cm³/mol. The second-order valence-electron chi connectivity index (χ2n) is 3.36. The van der Waals surface area contributed by atoms with E-state index in [1.54, 1.807) is 6.92 Å². The predicted octanol–water partition coefficient (Wildman–Crippen LogP) is 0.443. The monoisotopic (exact) mass is 254 g/mol. The molecule has 8 heteroatoms. The van der Waals surface area contributed by atoms with Gasteiger partial charge in [0.05, 0.1) is 18.9 Å². The molecule has 90 valence electrons. The maximum Gasteiger partial charge on any atom is 0.318 e. The summed E-state index contributed by atoms with van der Waals surface area (Å²) < 4.78 is 4.59. The number of nitrogens with one attached hydrogen (secondary N) is 1. The highest BCUT2D eigenvalue weighted by Crippen LogP contribution is 2.23. The van der Waals surface area contributed by atoms with Gasteiger partial charge in [0.15, 0.2) is 11.3 Å². The quantitative estimate of drug-likeness (QED) is 0.724. The van der Waals surface area contributed by atoms with E-state index in [9.17, 15) is 9.59 Å². The minimum atomic E-state index is -0.573. The molecule has 0 fully saturated rings. The number of hydrogen-bond acceptors (Lipinski definition) is 7. The van der Waals surface area contributed by atoms with Crippen molar-refractivity contribution in [2.45, 2.75) is 18.3 Å². The van der Waals surface area contributed by atoms with Crippen molar-refractivity contribution in [2.24, 2.45) is 15.2 Å². The van der Waals surface area contributed by atoms with Gasteiger partial charge >= 0.3 is 5.97 Å². The number of hydrogen-bond donors (Lipinski definition) is 1. The second kappa shape index (κ2) is 4.66. The van der Waals surface area contributed by atoms with Gasteiger partial charge in [0.25, 0.3) is 5.91 Å². The normalized spacial score (nSPS) is 23.4. The lowest BCUT2D eigenvalue weighted by Gasteiger charge is -2.18. The lowest BCUT2D eigenvalue weighted by molar-refractivity contribution is -0.139. The third-order valence-corrected chi connectivity index (χ3v) is 3.17. The van der Waals surface area contributed by atoms with E-state index in [1.807, 2.05) is 0 Å². The standard InChI is InChI=1S/C9H10N4O3S/c1-4(8(15)16-2)17-9-11-6-5(3-10-13-6)7(14)12-9/h3-4,6H,1-2H3,(H,11,12,14). The number of carbonyl (C=O) groups is 2. The van der Waals surface area contributed by atoms with Crippen LogP contribution >= 0.6 is 11.8 Å². The number of aliphatic imine (C=N–C) groups is 1. The van der Waals surface area contributed by atoms with Crippen LogP contribution in [0.3, 0.4) is 0 Å². The fraction of sp³-hybridized carbons (Fsp3) is 0.444. The maximum atomic E-state index is 11.6. The first kappa shape index (κ1) is 11.8. The summed E-state index contributed by atoms with van der Waals surface area (Å²) >= 11 is 1.12. The molecule has 0 saturated carbocycles. The van der Waals surface area contributed by atoms with E-state index in [1.165, 1.54) is 13.3 Å². The van der Waals surface area contributed by atoms with Crippen LogP contribution in [-0.2, 0) is 14.3 Å². The molecule has 0 bridgehead atoms. The summed E-state index contributed by atoms with van der Waals surface area (Å²) in [4.78, 5) is 27.0. The van der Waals surface area contributed by atoms with Crippen molar-refractivity contribution in [1.29, 1.82) is 0 Å². The van der Waals surface area contributed by atoms with Gasteiger partial charge in [0.2, 0.25) is 0 Å². The van der Waals surface area contributed by atoms with E-state index < -0.39 is 11.4 Å². The highest BCUT2D eigenvalue weighted by Gasteiger charge is 2.31. The third kappa shape index (κ3) is 2.36. The van der Waals surface area contributed by atoms with Crippen molar-refractivity contribution in [1.82, 2.24) is 5.32 Å². The molecule has 2 unspecified atom stereocenters. The molecule has 2 heterocycles. The Morgan fingerprint density at radius 3 is 3.12 bits per heavy atom. The summed E-state index contributed by atoms with van der Waals surface area (Å²) in [6, 6.07) is 0. The highest BCUT2D eigenvalue weighted by atomic mass is 32.2. The van der Waals surface area contributed by atoms with Gasteiger partial charge in [0.1, 0.15) is 5.25 Å². The molecule has 2 aliphatic heterocycles. The lowest BCUT2D eigenvalue weighted by Crippen LogP contribution is -2.39. The number of amides is 1. The summed E-state index contributed by atoms with van der Waals surface area (Å²) in [6.07, 6.45) is 0.811. The molecular weight excluding hydrogens is 244 g/mol. The molecule has 2 rings (SSSR count). The lowest BCUT2D eigenvalue weighted by atomic mass is 10.2. The second-order valence-corrected chi connectivity index (χ2v) is 4.69. The summed E-state index contributed by atoms with van der Waals surface area (Å²) in [5.41, 5.74) is 0.417. The summed E-state index contributed by atoms with van der Waals surface area (Å²) in [5.74, 6) is -0.657. The molecule has 1 N–H and O–H groups in total. The Kier molecular flexibility index (Phi) is 3.23. The van der Waals surface area contributed by atoms with Crippen molar-refractivity contribution in [3.8, 4) is 0 Å². The van der Waals surface area contributed by atoms with Crippen LogP contribution in [0, 0.1) is 0 Å². The Hall–Kier alpha value is -1.70. The number of thioether (sulfide) groups is 1. The SMILES string of the molecule is COC(=O)C(C)SC1=NC2N=NC=C2C(=O)N1. The van der Waals surface area contributed by atoms with Gasteiger partial charge in [0, 0.05) is 0 Å². The zero-order chi connectivity index (χ0) is 12.4. The largest absolute Gasteiger partial charge is 0.468 e. The molecule has 7 nitrogen and oxygen atoms in total. The Labute approximate surface area is 101 Å². The average Bonchev–Trinajstić information content (AvgIpc) is 2.76. The molecule has 17 heavy (non-hydrogen) atoms. The number of nitrogens with zero attached hydrogens (tertiary/aromatic N) is 3. The van der Waals surface area contributed by atoms with Crippen LogP contribution in [0.2, 0.25) is 0 Å². The zero-order valence-corrected chi connectivity index (χ0v) is 10.0. The number of carbonyl (C=O) groups excluding carboxylic acids is 2. The number of amidine groups is 1. The minimum Gasteiger partial charge on any atom is -0.468 e. The molecule has 2 aliphatic rings. The first-order valence-corrected chi connectivity index (χ1v) is 5.73. The number of methoxy groups -OCH3 is 1. The molecule has 0 spiro atoms. The Morgan fingerprint density at radius 1 is 1.65 bits per heavy atom. The van der Waals surface area contributed by atoms with Crippen LogP contribution in [-0.4, -0.2) is 35.6 Å². The zero-order valence-electron chi connectivity index (χ0n) is 9.21. The Balaban J connectivity index is 2.08. The van der Waals surface area contributed by atoms with Crippen molar-refractivity contribution in [3.63, 3.8) is 0 Å². The minimum absolute atomic E-state index is 0.283. The molecule has 0 aromatic heterocycles. The van der Waals surface area contributed by atoms with Crippen molar-refractivity contribution >= 4 is 28.8 Å². The van der Waals surface area contributed by atoms with E-state index in [-0.39, 0.29) is 11.9 Å². The summed E-state index contributed by atoms with van der Waals surface area (Å²) in [5, 5.41) is 9.91. The molecule has 2 atom stereocenters. The van der Waals surface area contributed by atoms with E-state index in [2.05, 4.69) is 25.3 Å². The number of rotatable bonds is 2. The third-order valence-electron chi connectivity index (χ3n) is 2.19. The van der Waals surface area contributed by atoms with Gasteiger partial charge in [-0.15, -0.1) is 0 Å². The van der Waals surface area contributed by atoms with Crippen LogP contribution in [0.1, 0.15) is 6.92 Å². The van der Waals surface area contributed by atoms with Crippen LogP contribution < -0.4 is 5.32 Å².